The van der Waals surface area contributed by atoms with Gasteiger partial charge in [0.2, 0.25) is 0 Å². The molecule has 1 saturated heterocycles. The SMILES string of the molecule is N#C[C@@H]1[C@@H](C#N)CN(Cc2ccccc2)[C@H]1c1cccnc1. The molecular weight excluding hydrogens is 272 g/mol. The minimum Gasteiger partial charge on any atom is -0.289 e. The van der Waals surface area contributed by atoms with Gasteiger partial charge in [-0.25, -0.2) is 0 Å². The lowest BCUT2D eigenvalue weighted by atomic mass is 9.89. The fourth-order valence-electron chi connectivity index (χ4n) is 3.16. The molecule has 0 amide bonds. The molecule has 1 aromatic carbocycles. The monoisotopic (exact) mass is 288 g/mol. The summed E-state index contributed by atoms with van der Waals surface area (Å²) in [6.45, 7) is 1.35. The van der Waals surface area contributed by atoms with Gasteiger partial charge in [0.25, 0.3) is 0 Å². The summed E-state index contributed by atoms with van der Waals surface area (Å²) >= 11 is 0. The lowest BCUT2D eigenvalue weighted by molar-refractivity contribution is 0.234. The van der Waals surface area contributed by atoms with Gasteiger partial charge >= 0.3 is 0 Å². The highest BCUT2D eigenvalue weighted by atomic mass is 15.2. The molecule has 0 bridgehead atoms. The van der Waals surface area contributed by atoms with E-state index in [0.717, 1.165) is 12.1 Å². The molecule has 3 atom stereocenters. The van der Waals surface area contributed by atoms with E-state index in [1.165, 1.54) is 5.56 Å². The highest BCUT2D eigenvalue weighted by molar-refractivity contribution is 5.24. The van der Waals surface area contributed by atoms with Crippen LogP contribution in [-0.2, 0) is 6.54 Å². The van der Waals surface area contributed by atoms with Crippen LogP contribution in [0.2, 0.25) is 0 Å². The maximum absolute atomic E-state index is 9.53. The van der Waals surface area contributed by atoms with Crippen LogP contribution in [0.3, 0.4) is 0 Å². The summed E-state index contributed by atoms with van der Waals surface area (Å²) in [5, 5.41) is 18.9. The van der Waals surface area contributed by atoms with Gasteiger partial charge in [-0.05, 0) is 17.2 Å². The minimum absolute atomic E-state index is 0.0800. The number of rotatable bonds is 3. The fourth-order valence-corrected chi connectivity index (χ4v) is 3.16. The van der Waals surface area contributed by atoms with E-state index in [4.69, 9.17) is 0 Å². The van der Waals surface area contributed by atoms with E-state index in [1.54, 1.807) is 12.4 Å². The zero-order valence-corrected chi connectivity index (χ0v) is 12.1. The van der Waals surface area contributed by atoms with Crippen molar-refractivity contribution >= 4 is 0 Å². The van der Waals surface area contributed by atoms with Gasteiger partial charge in [0.15, 0.2) is 0 Å². The third-order valence-corrected chi connectivity index (χ3v) is 4.17. The Bertz CT molecular complexity index is 699. The lowest BCUT2D eigenvalue weighted by Gasteiger charge is -2.25. The maximum Gasteiger partial charge on any atom is 0.0831 e. The van der Waals surface area contributed by atoms with E-state index in [9.17, 15) is 10.5 Å². The van der Waals surface area contributed by atoms with Gasteiger partial charge in [-0.3, -0.25) is 9.88 Å². The first-order chi connectivity index (χ1) is 10.8. The van der Waals surface area contributed by atoms with Gasteiger partial charge in [-0.15, -0.1) is 0 Å². The van der Waals surface area contributed by atoms with Crippen LogP contribution < -0.4 is 0 Å². The molecule has 1 aromatic heterocycles. The van der Waals surface area contributed by atoms with Gasteiger partial charge in [-0.2, -0.15) is 10.5 Å². The van der Waals surface area contributed by atoms with E-state index < -0.39 is 0 Å². The Morgan fingerprint density at radius 2 is 1.91 bits per heavy atom. The lowest BCUT2D eigenvalue weighted by Crippen LogP contribution is -2.25. The van der Waals surface area contributed by atoms with Crippen LogP contribution in [0.1, 0.15) is 17.2 Å². The van der Waals surface area contributed by atoms with E-state index in [0.29, 0.717) is 6.54 Å². The van der Waals surface area contributed by atoms with Crippen LogP contribution in [0.15, 0.2) is 54.9 Å². The standard InChI is InChI=1S/C18H16N4/c19-9-16-13-22(12-14-5-2-1-3-6-14)18(17(16)10-20)15-7-4-8-21-11-15/h1-8,11,16-18H,12-13H2/t16-,17+,18-/m0/s1. The number of benzene rings is 1. The second-order valence-corrected chi connectivity index (χ2v) is 5.54. The molecule has 1 aliphatic rings. The normalized spacial score (nSPS) is 24.5. The van der Waals surface area contributed by atoms with Crippen molar-refractivity contribution in [2.45, 2.75) is 12.6 Å². The van der Waals surface area contributed by atoms with Crippen molar-refractivity contribution in [3.63, 3.8) is 0 Å². The van der Waals surface area contributed by atoms with Gasteiger partial charge in [0, 0.05) is 25.5 Å². The molecular formula is C18H16N4. The summed E-state index contributed by atoms with van der Waals surface area (Å²) in [4.78, 5) is 6.39. The summed E-state index contributed by atoms with van der Waals surface area (Å²) in [7, 11) is 0. The molecule has 0 unspecified atom stereocenters. The average molecular weight is 288 g/mol. The van der Waals surface area contributed by atoms with Crippen LogP contribution in [0.5, 0.6) is 0 Å². The number of aromatic nitrogens is 1. The van der Waals surface area contributed by atoms with Crippen molar-refractivity contribution in [2.24, 2.45) is 11.8 Å². The Hall–Kier alpha value is -2.69. The van der Waals surface area contributed by atoms with Crippen LogP contribution in [-0.4, -0.2) is 16.4 Å². The zero-order valence-electron chi connectivity index (χ0n) is 12.1. The van der Waals surface area contributed by atoms with Crippen LogP contribution in [0.4, 0.5) is 0 Å². The smallest absolute Gasteiger partial charge is 0.0831 e. The highest BCUT2D eigenvalue weighted by Crippen LogP contribution is 2.40. The Balaban J connectivity index is 1.93. The predicted octanol–water partition coefficient (Wildman–Crippen LogP) is 2.92. The molecule has 22 heavy (non-hydrogen) atoms. The van der Waals surface area contributed by atoms with E-state index in [1.807, 2.05) is 30.3 Å². The molecule has 0 radical (unpaired) electrons. The Kier molecular flexibility index (Phi) is 4.14. The molecule has 2 aromatic rings. The molecule has 108 valence electrons. The molecule has 0 saturated carbocycles. The van der Waals surface area contributed by atoms with Gasteiger partial charge in [0.1, 0.15) is 0 Å². The third kappa shape index (κ3) is 2.70. The van der Waals surface area contributed by atoms with E-state index >= 15 is 0 Å². The summed E-state index contributed by atoms with van der Waals surface area (Å²) in [6, 6.07) is 18.6. The molecule has 1 aliphatic heterocycles. The van der Waals surface area contributed by atoms with Crippen molar-refractivity contribution in [3.8, 4) is 12.1 Å². The first-order valence-electron chi connectivity index (χ1n) is 7.30. The first kappa shape index (κ1) is 14.3. The van der Waals surface area contributed by atoms with Crippen molar-refractivity contribution in [3.05, 3.63) is 66.0 Å². The van der Waals surface area contributed by atoms with Crippen LogP contribution in [0, 0.1) is 34.5 Å². The van der Waals surface area contributed by atoms with Crippen molar-refractivity contribution < 1.29 is 0 Å². The molecule has 1 fully saturated rings. The number of nitriles is 2. The van der Waals surface area contributed by atoms with Crippen molar-refractivity contribution in [1.29, 1.82) is 10.5 Å². The number of hydrogen-bond donors (Lipinski definition) is 0. The van der Waals surface area contributed by atoms with Crippen LogP contribution >= 0.6 is 0 Å². The van der Waals surface area contributed by atoms with Gasteiger partial charge in [-0.1, -0.05) is 36.4 Å². The quantitative estimate of drug-likeness (QED) is 0.871. The van der Waals surface area contributed by atoms with Crippen molar-refractivity contribution in [1.82, 2.24) is 9.88 Å². The molecule has 3 rings (SSSR count). The summed E-state index contributed by atoms with van der Waals surface area (Å²) in [5.41, 5.74) is 2.19. The first-order valence-corrected chi connectivity index (χ1v) is 7.30. The third-order valence-electron chi connectivity index (χ3n) is 4.17. The molecule has 0 N–H and O–H groups in total. The minimum atomic E-state index is -0.321. The molecule has 0 spiro atoms. The Morgan fingerprint density at radius 3 is 2.55 bits per heavy atom. The molecule has 4 heteroatoms. The second-order valence-electron chi connectivity index (χ2n) is 5.54. The summed E-state index contributed by atoms with van der Waals surface area (Å²) in [5.74, 6) is -0.586. The number of nitrogens with zero attached hydrogens (tertiary/aromatic N) is 4. The highest BCUT2D eigenvalue weighted by Gasteiger charge is 2.43. The van der Waals surface area contributed by atoms with Crippen LogP contribution in [0.25, 0.3) is 0 Å². The number of pyridine rings is 1. The van der Waals surface area contributed by atoms with E-state index in [-0.39, 0.29) is 17.9 Å². The summed E-state index contributed by atoms with van der Waals surface area (Å²) in [6.07, 6.45) is 3.52. The summed E-state index contributed by atoms with van der Waals surface area (Å²) < 4.78 is 0. The molecule has 2 heterocycles. The Labute approximate surface area is 130 Å². The van der Waals surface area contributed by atoms with Gasteiger partial charge < -0.3 is 0 Å². The number of likely N-dealkylation sites (tertiary alicyclic amines) is 1. The molecule has 4 nitrogen and oxygen atoms in total. The average Bonchev–Trinajstić information content (AvgIpc) is 2.94. The largest absolute Gasteiger partial charge is 0.289 e. The maximum atomic E-state index is 9.53. The zero-order chi connectivity index (χ0) is 15.4. The predicted molar refractivity (Wildman–Crippen MR) is 82.0 cm³/mol. The van der Waals surface area contributed by atoms with E-state index in [2.05, 4.69) is 34.2 Å². The fraction of sp³-hybridized carbons (Fsp3) is 0.278. The molecule has 0 aliphatic carbocycles. The Morgan fingerprint density at radius 1 is 1.09 bits per heavy atom. The van der Waals surface area contributed by atoms with Crippen molar-refractivity contribution in [2.75, 3.05) is 6.54 Å². The topological polar surface area (TPSA) is 63.7 Å². The number of hydrogen-bond acceptors (Lipinski definition) is 4. The second kappa shape index (κ2) is 6.39. The van der Waals surface area contributed by atoms with Gasteiger partial charge in [0.05, 0.1) is 30.0 Å².